The van der Waals surface area contributed by atoms with E-state index in [1.54, 1.807) is 18.2 Å². The molecule has 1 aromatic carbocycles. The van der Waals surface area contributed by atoms with Gasteiger partial charge in [-0.25, -0.2) is 4.98 Å². The van der Waals surface area contributed by atoms with Crippen molar-refractivity contribution in [1.29, 1.82) is 0 Å². The van der Waals surface area contributed by atoms with E-state index in [1.165, 1.54) is 11.8 Å². The maximum atomic E-state index is 12.2. The van der Waals surface area contributed by atoms with Crippen molar-refractivity contribution < 1.29 is 9.21 Å². The third kappa shape index (κ3) is 2.79. The van der Waals surface area contributed by atoms with Crippen molar-refractivity contribution >= 4 is 40.4 Å². The van der Waals surface area contributed by atoms with Crippen LogP contribution in [0.5, 0.6) is 0 Å². The lowest BCUT2D eigenvalue weighted by Gasteiger charge is -2.18. The number of oxazole rings is 1. The van der Waals surface area contributed by atoms with E-state index >= 15 is 0 Å². The molecule has 20 heavy (non-hydrogen) atoms. The Hall–Kier alpha value is -1.20. The largest absolute Gasteiger partial charge is 0.431 e. The van der Waals surface area contributed by atoms with E-state index in [4.69, 9.17) is 16.0 Å². The fourth-order valence-corrected chi connectivity index (χ4v) is 3.33. The van der Waals surface area contributed by atoms with Gasteiger partial charge in [0.15, 0.2) is 5.58 Å². The van der Waals surface area contributed by atoms with E-state index in [2.05, 4.69) is 4.98 Å². The molecule has 106 valence electrons. The van der Waals surface area contributed by atoms with Crippen LogP contribution in [0.3, 0.4) is 0 Å². The molecule has 1 aliphatic heterocycles. The maximum absolute atomic E-state index is 12.2. The van der Waals surface area contributed by atoms with E-state index < -0.39 is 0 Å². The van der Waals surface area contributed by atoms with Gasteiger partial charge >= 0.3 is 0 Å². The molecule has 0 saturated carbocycles. The van der Waals surface area contributed by atoms with Crippen LogP contribution in [0.4, 0.5) is 0 Å². The Bertz CT molecular complexity index is 637. The topological polar surface area (TPSA) is 46.3 Å². The van der Waals surface area contributed by atoms with Gasteiger partial charge in [0.2, 0.25) is 5.91 Å². The second kappa shape index (κ2) is 5.66. The van der Waals surface area contributed by atoms with Crippen LogP contribution in [-0.2, 0) is 4.79 Å². The van der Waals surface area contributed by atoms with Gasteiger partial charge in [-0.15, -0.1) is 0 Å². The molecule has 2 aromatic rings. The monoisotopic (exact) mass is 310 g/mol. The highest BCUT2D eigenvalue weighted by Crippen LogP contribution is 2.29. The predicted molar refractivity (Wildman–Crippen MR) is 80.2 cm³/mol. The lowest BCUT2D eigenvalue weighted by atomic mass is 10.3. The number of thioether (sulfide) groups is 1. The normalized spacial score (nSPS) is 16.8. The molecule has 1 atom stereocenters. The number of rotatable bonds is 3. The fraction of sp³-hybridized carbons (Fsp3) is 0.429. The zero-order chi connectivity index (χ0) is 14.1. The Morgan fingerprint density at radius 2 is 2.20 bits per heavy atom. The Morgan fingerprint density at radius 3 is 2.95 bits per heavy atom. The zero-order valence-corrected chi connectivity index (χ0v) is 12.7. The minimum Gasteiger partial charge on any atom is -0.431 e. The van der Waals surface area contributed by atoms with Crippen LogP contribution < -0.4 is 0 Å². The second-order valence-corrected chi connectivity index (χ2v) is 6.61. The van der Waals surface area contributed by atoms with Crippen molar-refractivity contribution in [3.05, 3.63) is 23.2 Å². The van der Waals surface area contributed by atoms with Crippen LogP contribution in [0.25, 0.3) is 11.1 Å². The van der Waals surface area contributed by atoms with Gasteiger partial charge in [-0.3, -0.25) is 4.79 Å². The van der Waals surface area contributed by atoms with Gasteiger partial charge in [-0.05, 0) is 38.0 Å². The molecule has 3 rings (SSSR count). The minimum atomic E-state index is -0.184. The number of amides is 1. The van der Waals surface area contributed by atoms with E-state index in [0.717, 1.165) is 31.4 Å². The molecule has 6 heteroatoms. The summed E-state index contributed by atoms with van der Waals surface area (Å²) < 4.78 is 5.63. The SMILES string of the molecule is CC(Sc1nc2cc(Cl)ccc2o1)C(=O)N1CCCC1. The van der Waals surface area contributed by atoms with Crippen molar-refractivity contribution in [2.75, 3.05) is 13.1 Å². The number of hydrogen-bond donors (Lipinski definition) is 0. The summed E-state index contributed by atoms with van der Waals surface area (Å²) in [5.41, 5.74) is 1.42. The van der Waals surface area contributed by atoms with E-state index in [-0.39, 0.29) is 11.2 Å². The summed E-state index contributed by atoms with van der Waals surface area (Å²) in [6.07, 6.45) is 2.20. The highest BCUT2D eigenvalue weighted by molar-refractivity contribution is 8.00. The first-order valence-electron chi connectivity index (χ1n) is 6.65. The first kappa shape index (κ1) is 13.8. The van der Waals surface area contributed by atoms with Gasteiger partial charge in [0.05, 0.1) is 5.25 Å². The zero-order valence-electron chi connectivity index (χ0n) is 11.1. The summed E-state index contributed by atoms with van der Waals surface area (Å²) in [6, 6.07) is 5.32. The summed E-state index contributed by atoms with van der Waals surface area (Å²) in [5.74, 6) is 0.160. The lowest BCUT2D eigenvalue weighted by molar-refractivity contribution is -0.129. The van der Waals surface area contributed by atoms with E-state index in [1.807, 2.05) is 11.8 Å². The van der Waals surface area contributed by atoms with Gasteiger partial charge < -0.3 is 9.32 Å². The molecule has 1 unspecified atom stereocenters. The molecule has 0 N–H and O–H groups in total. The van der Waals surface area contributed by atoms with Crippen LogP contribution in [0.15, 0.2) is 27.8 Å². The predicted octanol–water partition coefficient (Wildman–Crippen LogP) is 3.58. The molecule has 1 amide bonds. The number of halogens is 1. The fourth-order valence-electron chi connectivity index (χ4n) is 2.33. The molecule has 2 heterocycles. The van der Waals surface area contributed by atoms with Gasteiger partial charge in [-0.2, -0.15) is 0 Å². The van der Waals surface area contributed by atoms with Crippen molar-refractivity contribution in [3.8, 4) is 0 Å². The van der Waals surface area contributed by atoms with Crippen molar-refractivity contribution in [3.63, 3.8) is 0 Å². The van der Waals surface area contributed by atoms with Gasteiger partial charge in [0, 0.05) is 18.1 Å². The van der Waals surface area contributed by atoms with Crippen LogP contribution in [0, 0.1) is 0 Å². The molecule has 1 fully saturated rings. The van der Waals surface area contributed by atoms with Crippen LogP contribution in [0.2, 0.25) is 5.02 Å². The van der Waals surface area contributed by atoms with Crippen LogP contribution >= 0.6 is 23.4 Å². The van der Waals surface area contributed by atoms with Crippen molar-refractivity contribution in [1.82, 2.24) is 9.88 Å². The number of likely N-dealkylation sites (tertiary alicyclic amines) is 1. The summed E-state index contributed by atoms with van der Waals surface area (Å²) in [5, 5.41) is 0.961. The van der Waals surface area contributed by atoms with E-state index in [9.17, 15) is 4.79 Å². The molecule has 4 nitrogen and oxygen atoms in total. The maximum Gasteiger partial charge on any atom is 0.257 e. The van der Waals surface area contributed by atoms with Gasteiger partial charge in [-0.1, -0.05) is 23.4 Å². The summed E-state index contributed by atoms with van der Waals surface area (Å²) >= 11 is 7.28. The Kier molecular flexibility index (Phi) is 3.89. The summed E-state index contributed by atoms with van der Waals surface area (Å²) in [6.45, 7) is 3.63. The molecule has 0 aliphatic carbocycles. The van der Waals surface area contributed by atoms with Crippen molar-refractivity contribution in [2.24, 2.45) is 0 Å². The number of hydrogen-bond acceptors (Lipinski definition) is 4. The Morgan fingerprint density at radius 1 is 1.45 bits per heavy atom. The quantitative estimate of drug-likeness (QED) is 0.813. The highest BCUT2D eigenvalue weighted by Gasteiger charge is 2.25. The lowest BCUT2D eigenvalue weighted by Crippen LogP contribution is -2.34. The Labute approximate surface area is 126 Å². The minimum absolute atomic E-state index is 0.160. The first-order chi connectivity index (χ1) is 9.63. The number of aromatic nitrogens is 1. The molecule has 1 aromatic heterocycles. The molecular weight excluding hydrogens is 296 g/mol. The molecule has 0 bridgehead atoms. The number of carbonyl (C=O) groups is 1. The molecule has 0 radical (unpaired) electrons. The molecule has 0 spiro atoms. The summed E-state index contributed by atoms with van der Waals surface area (Å²) in [7, 11) is 0. The standard InChI is InChI=1S/C14H15ClN2O2S/c1-9(13(18)17-6-2-3-7-17)20-14-16-11-8-10(15)4-5-12(11)19-14/h4-5,8-9H,2-3,6-7H2,1H3. The second-order valence-electron chi connectivity index (χ2n) is 4.88. The Balaban J connectivity index is 1.73. The number of nitrogens with zero attached hydrogens (tertiary/aromatic N) is 2. The molecular formula is C14H15ClN2O2S. The number of benzene rings is 1. The average molecular weight is 311 g/mol. The third-order valence-corrected chi connectivity index (χ3v) is 4.54. The van der Waals surface area contributed by atoms with Crippen molar-refractivity contribution in [2.45, 2.75) is 30.2 Å². The third-order valence-electron chi connectivity index (χ3n) is 3.37. The average Bonchev–Trinajstić information content (AvgIpc) is 3.05. The first-order valence-corrected chi connectivity index (χ1v) is 7.91. The van der Waals surface area contributed by atoms with Crippen LogP contribution in [0.1, 0.15) is 19.8 Å². The van der Waals surface area contributed by atoms with E-state index in [0.29, 0.717) is 15.8 Å². The van der Waals surface area contributed by atoms with Gasteiger partial charge in [0.1, 0.15) is 5.52 Å². The number of fused-ring (bicyclic) bond motifs is 1. The molecule has 1 aliphatic rings. The van der Waals surface area contributed by atoms with Gasteiger partial charge in [0.25, 0.3) is 5.22 Å². The highest BCUT2D eigenvalue weighted by atomic mass is 35.5. The smallest absolute Gasteiger partial charge is 0.257 e. The molecule has 1 saturated heterocycles. The van der Waals surface area contributed by atoms with Crippen LogP contribution in [-0.4, -0.2) is 34.1 Å². The number of carbonyl (C=O) groups excluding carboxylic acids is 1. The summed E-state index contributed by atoms with van der Waals surface area (Å²) in [4.78, 5) is 18.5.